The molecule has 1 heterocycles. The third kappa shape index (κ3) is 2.18. The molecule has 2 aliphatic carbocycles. The van der Waals surface area contributed by atoms with E-state index in [0.29, 0.717) is 0 Å². The Morgan fingerprint density at radius 2 is 1.23 bits per heavy atom. The summed E-state index contributed by atoms with van der Waals surface area (Å²) in [6.45, 7) is 1.78. The number of aryl methyl sites for hydroxylation is 1. The van der Waals surface area contributed by atoms with Gasteiger partial charge in [0.1, 0.15) is 0 Å². The van der Waals surface area contributed by atoms with Crippen molar-refractivity contribution in [1.29, 1.82) is 0 Å². The van der Waals surface area contributed by atoms with Crippen LogP contribution in [0.1, 0.15) is 38.9 Å². The van der Waals surface area contributed by atoms with Crippen molar-refractivity contribution in [1.82, 2.24) is 0 Å². The Kier molecular flexibility index (Phi) is 3.46. The fourth-order valence-corrected chi connectivity index (χ4v) is 5.37. The maximum absolute atomic E-state index is 13.7. The fraction of sp³-hybridized carbons (Fsp3) is 0.115. The average Bonchev–Trinajstić information content (AvgIpc) is 3.04. The second-order valence-electron chi connectivity index (χ2n) is 8.21. The number of carbonyl (C=O) groups is 3. The van der Waals surface area contributed by atoms with E-state index in [4.69, 9.17) is 0 Å². The summed E-state index contributed by atoms with van der Waals surface area (Å²) >= 11 is 0. The summed E-state index contributed by atoms with van der Waals surface area (Å²) in [5, 5.41) is 13.6. The van der Waals surface area contributed by atoms with Crippen molar-refractivity contribution in [2.75, 3.05) is 4.90 Å². The summed E-state index contributed by atoms with van der Waals surface area (Å²) in [6, 6.07) is 20.5. The Morgan fingerprint density at radius 3 is 1.65 bits per heavy atom. The monoisotopic (exact) mass is 407 g/mol. The van der Waals surface area contributed by atoms with Crippen LogP contribution in [0.3, 0.4) is 0 Å². The highest BCUT2D eigenvalue weighted by Gasteiger charge is 2.54. The van der Waals surface area contributed by atoms with E-state index in [0.717, 1.165) is 43.1 Å². The van der Waals surface area contributed by atoms with Gasteiger partial charge < -0.3 is 5.11 Å². The molecule has 0 aromatic heterocycles. The topological polar surface area (TPSA) is 74.7 Å². The number of carboxylic acids is 1. The van der Waals surface area contributed by atoms with Crippen molar-refractivity contribution in [3.63, 3.8) is 0 Å². The summed E-state index contributed by atoms with van der Waals surface area (Å²) in [5.74, 6) is -3.18. The van der Waals surface area contributed by atoms with Crippen LogP contribution in [0.5, 0.6) is 0 Å². The van der Waals surface area contributed by atoms with E-state index in [2.05, 4.69) is 0 Å². The Bertz CT molecular complexity index is 1350. The SMILES string of the molecule is Cc1ccc(N2C(=O)C3c4c5ccccc5c(c5ccccc45)C3C2=O)c(C(=O)O)c1. The minimum atomic E-state index is -1.16. The van der Waals surface area contributed by atoms with Gasteiger partial charge in [0, 0.05) is 0 Å². The largest absolute Gasteiger partial charge is 0.478 e. The Hall–Kier alpha value is -3.99. The van der Waals surface area contributed by atoms with Gasteiger partial charge in [-0.05, 0) is 51.7 Å². The van der Waals surface area contributed by atoms with Crippen LogP contribution in [0.25, 0.3) is 21.5 Å². The van der Waals surface area contributed by atoms with Crippen molar-refractivity contribution in [2.45, 2.75) is 18.8 Å². The van der Waals surface area contributed by atoms with Crippen LogP contribution in [-0.2, 0) is 9.59 Å². The lowest BCUT2D eigenvalue weighted by molar-refractivity contribution is -0.121. The first-order chi connectivity index (χ1) is 15.0. The van der Waals surface area contributed by atoms with E-state index < -0.39 is 17.8 Å². The molecule has 2 bridgehead atoms. The molecular weight excluding hydrogens is 390 g/mol. The summed E-state index contributed by atoms with van der Waals surface area (Å²) in [6.07, 6.45) is 0. The van der Waals surface area contributed by atoms with Gasteiger partial charge in [-0.25, -0.2) is 9.69 Å². The van der Waals surface area contributed by atoms with Crippen molar-refractivity contribution >= 4 is 45.0 Å². The van der Waals surface area contributed by atoms with E-state index in [1.165, 1.54) is 6.07 Å². The normalized spacial score (nSPS) is 19.5. The van der Waals surface area contributed by atoms with Gasteiger partial charge in [-0.3, -0.25) is 9.59 Å². The van der Waals surface area contributed by atoms with Crippen molar-refractivity contribution in [2.24, 2.45) is 0 Å². The first-order valence-corrected chi connectivity index (χ1v) is 10.1. The van der Waals surface area contributed by atoms with Crippen LogP contribution < -0.4 is 4.90 Å². The van der Waals surface area contributed by atoms with E-state index in [1.54, 1.807) is 19.1 Å². The number of imide groups is 1. The van der Waals surface area contributed by atoms with Gasteiger partial charge in [-0.1, -0.05) is 60.2 Å². The minimum absolute atomic E-state index is 0.0438. The summed E-state index contributed by atoms with van der Waals surface area (Å²) in [4.78, 5) is 40.4. The quantitative estimate of drug-likeness (QED) is 0.384. The van der Waals surface area contributed by atoms with Gasteiger partial charge in [-0.2, -0.15) is 0 Å². The molecule has 0 radical (unpaired) electrons. The molecule has 1 fully saturated rings. The number of nitrogens with zero attached hydrogens (tertiary/aromatic N) is 1. The molecule has 1 aliphatic heterocycles. The lowest BCUT2D eigenvalue weighted by Gasteiger charge is -2.30. The molecule has 1 N–H and O–H groups in total. The van der Waals surface area contributed by atoms with Crippen molar-refractivity contribution < 1.29 is 19.5 Å². The zero-order chi connectivity index (χ0) is 21.4. The molecule has 1 saturated heterocycles. The van der Waals surface area contributed by atoms with Gasteiger partial charge in [0.25, 0.3) is 0 Å². The minimum Gasteiger partial charge on any atom is -0.478 e. The molecule has 3 aliphatic rings. The van der Waals surface area contributed by atoms with Gasteiger partial charge in [-0.15, -0.1) is 0 Å². The Balaban J connectivity index is 1.66. The highest BCUT2D eigenvalue weighted by molar-refractivity contribution is 6.32. The molecule has 31 heavy (non-hydrogen) atoms. The van der Waals surface area contributed by atoms with Crippen molar-refractivity contribution in [3.8, 4) is 0 Å². The van der Waals surface area contributed by atoms with Gasteiger partial charge in [0.05, 0.1) is 23.1 Å². The Morgan fingerprint density at radius 1 is 0.774 bits per heavy atom. The first kappa shape index (κ1) is 17.8. The average molecular weight is 407 g/mol. The van der Waals surface area contributed by atoms with E-state index >= 15 is 0 Å². The molecule has 4 aromatic rings. The zero-order valence-electron chi connectivity index (χ0n) is 16.6. The van der Waals surface area contributed by atoms with Gasteiger partial charge in [0.2, 0.25) is 11.8 Å². The van der Waals surface area contributed by atoms with E-state index in [-0.39, 0.29) is 23.1 Å². The van der Waals surface area contributed by atoms with Gasteiger partial charge >= 0.3 is 5.97 Å². The maximum Gasteiger partial charge on any atom is 0.337 e. The molecule has 5 heteroatoms. The standard InChI is InChI=1S/C26H17NO4/c1-13-10-11-19(18(12-13)26(30)31)27-24(28)22-20-14-6-2-3-7-15(14)21(23(22)25(27)29)17-9-5-4-8-16(17)20/h2-12,22-23H,1H3,(H,30,31). The number of amides is 2. The zero-order valence-corrected chi connectivity index (χ0v) is 16.6. The second-order valence-corrected chi connectivity index (χ2v) is 8.21. The van der Waals surface area contributed by atoms with Crippen LogP contribution in [0.15, 0.2) is 66.7 Å². The number of hydrogen-bond acceptors (Lipinski definition) is 3. The van der Waals surface area contributed by atoms with Crippen LogP contribution in [0.2, 0.25) is 0 Å². The number of carbonyl (C=O) groups excluding carboxylic acids is 2. The molecular formula is C26H17NO4. The second kappa shape index (κ2) is 6.01. The number of aromatic carboxylic acids is 1. The smallest absolute Gasteiger partial charge is 0.337 e. The highest BCUT2D eigenvalue weighted by Crippen LogP contribution is 2.56. The molecule has 2 atom stereocenters. The van der Waals surface area contributed by atoms with Crippen LogP contribution in [0.4, 0.5) is 5.69 Å². The number of hydrogen-bond donors (Lipinski definition) is 1. The van der Waals surface area contributed by atoms with E-state index in [9.17, 15) is 19.5 Å². The number of rotatable bonds is 2. The van der Waals surface area contributed by atoms with Gasteiger partial charge in [0.15, 0.2) is 0 Å². The predicted molar refractivity (Wildman–Crippen MR) is 118 cm³/mol. The third-order valence-electron chi connectivity index (χ3n) is 6.57. The Labute approximate surface area is 177 Å². The molecule has 2 unspecified atom stereocenters. The highest BCUT2D eigenvalue weighted by atomic mass is 16.4. The summed E-state index contributed by atoms with van der Waals surface area (Å²) < 4.78 is 0. The van der Waals surface area contributed by atoms with Crippen LogP contribution in [-0.4, -0.2) is 22.9 Å². The molecule has 0 spiro atoms. The molecule has 2 amide bonds. The molecule has 150 valence electrons. The maximum atomic E-state index is 13.7. The molecule has 0 saturated carbocycles. The molecule has 4 aromatic carbocycles. The van der Waals surface area contributed by atoms with Crippen LogP contribution in [0, 0.1) is 6.92 Å². The van der Waals surface area contributed by atoms with E-state index in [1.807, 2.05) is 48.5 Å². The number of carboxylic acid groups (broad SMARTS) is 1. The fourth-order valence-electron chi connectivity index (χ4n) is 5.37. The lowest BCUT2D eigenvalue weighted by Crippen LogP contribution is -2.32. The van der Waals surface area contributed by atoms with Crippen molar-refractivity contribution in [3.05, 3.63) is 89.0 Å². The summed E-state index contributed by atoms with van der Waals surface area (Å²) in [7, 11) is 0. The first-order valence-electron chi connectivity index (χ1n) is 10.1. The molecule has 7 rings (SSSR count). The number of anilines is 1. The predicted octanol–water partition coefficient (Wildman–Crippen LogP) is 4.75. The third-order valence-corrected chi connectivity index (χ3v) is 6.57. The number of benzene rings is 4. The summed E-state index contributed by atoms with van der Waals surface area (Å²) in [5.41, 5.74) is 2.56. The lowest BCUT2D eigenvalue weighted by atomic mass is 9.70. The van der Waals surface area contributed by atoms with Crippen LogP contribution >= 0.6 is 0 Å². The molecule has 5 nitrogen and oxygen atoms in total.